The maximum absolute atomic E-state index is 11.9. The summed E-state index contributed by atoms with van der Waals surface area (Å²) in [4.78, 5) is 18.0. The number of hydrogen-bond acceptors (Lipinski definition) is 3. The molecule has 1 rings (SSSR count). The van der Waals surface area contributed by atoms with Gasteiger partial charge in [-0.25, -0.2) is 4.98 Å². The molecule has 0 radical (unpaired) electrons. The molecule has 1 aromatic rings. The smallest absolute Gasteiger partial charge is 0.272 e. The van der Waals surface area contributed by atoms with Gasteiger partial charge in [0.1, 0.15) is 5.69 Å². The average molecular weight is 237 g/mol. The van der Waals surface area contributed by atoms with E-state index in [4.69, 9.17) is 18.0 Å². The van der Waals surface area contributed by atoms with Crippen molar-refractivity contribution in [1.82, 2.24) is 9.88 Å². The number of pyridine rings is 1. The molecule has 1 aromatic heterocycles. The Morgan fingerprint density at radius 2 is 2.25 bits per heavy atom. The SMILES string of the molecule is Cc1cccc(C(=O)N(C)CCC(N)=S)n1. The van der Waals surface area contributed by atoms with Crippen molar-refractivity contribution >= 4 is 23.1 Å². The molecule has 0 atom stereocenters. The first-order chi connectivity index (χ1) is 7.50. The molecule has 16 heavy (non-hydrogen) atoms. The van der Waals surface area contributed by atoms with E-state index in [1.807, 2.05) is 19.1 Å². The lowest BCUT2D eigenvalue weighted by atomic mass is 10.3. The van der Waals surface area contributed by atoms with Crippen LogP contribution in [0.5, 0.6) is 0 Å². The van der Waals surface area contributed by atoms with Gasteiger partial charge in [0, 0.05) is 25.7 Å². The van der Waals surface area contributed by atoms with Crippen LogP contribution in [0, 0.1) is 6.92 Å². The van der Waals surface area contributed by atoms with Crippen LogP contribution in [0.4, 0.5) is 0 Å². The molecule has 4 nitrogen and oxygen atoms in total. The Balaban J connectivity index is 2.67. The van der Waals surface area contributed by atoms with E-state index in [0.29, 0.717) is 23.6 Å². The second-order valence-electron chi connectivity index (χ2n) is 3.61. The van der Waals surface area contributed by atoms with Crippen LogP contribution in [-0.2, 0) is 0 Å². The molecule has 0 fully saturated rings. The number of aromatic nitrogens is 1. The van der Waals surface area contributed by atoms with Crippen molar-refractivity contribution in [3.8, 4) is 0 Å². The van der Waals surface area contributed by atoms with Gasteiger partial charge in [0.25, 0.3) is 5.91 Å². The maximum atomic E-state index is 11.9. The summed E-state index contributed by atoms with van der Waals surface area (Å²) in [5.41, 5.74) is 6.66. The Kier molecular flexibility index (Phi) is 4.37. The maximum Gasteiger partial charge on any atom is 0.272 e. The topological polar surface area (TPSA) is 59.2 Å². The fraction of sp³-hybridized carbons (Fsp3) is 0.364. The Hall–Kier alpha value is -1.49. The molecule has 0 saturated carbocycles. The van der Waals surface area contributed by atoms with Gasteiger partial charge in [0.05, 0.1) is 4.99 Å². The summed E-state index contributed by atoms with van der Waals surface area (Å²) in [7, 11) is 1.71. The normalized spacial score (nSPS) is 9.88. The Labute approximate surface area is 100 Å². The van der Waals surface area contributed by atoms with Crippen molar-refractivity contribution < 1.29 is 4.79 Å². The summed E-state index contributed by atoms with van der Waals surface area (Å²) in [6.45, 7) is 2.37. The highest BCUT2D eigenvalue weighted by Gasteiger charge is 2.12. The van der Waals surface area contributed by atoms with Gasteiger partial charge >= 0.3 is 0 Å². The summed E-state index contributed by atoms with van der Waals surface area (Å²) in [5, 5.41) is 0. The molecule has 0 aliphatic rings. The van der Waals surface area contributed by atoms with Crippen LogP contribution in [0.15, 0.2) is 18.2 Å². The van der Waals surface area contributed by atoms with Crippen LogP contribution < -0.4 is 5.73 Å². The summed E-state index contributed by atoms with van der Waals surface area (Å²) in [6, 6.07) is 5.37. The number of nitrogens with zero attached hydrogens (tertiary/aromatic N) is 2. The van der Waals surface area contributed by atoms with Crippen LogP contribution >= 0.6 is 12.2 Å². The quantitative estimate of drug-likeness (QED) is 0.798. The molecule has 0 aliphatic carbocycles. The lowest BCUT2D eigenvalue weighted by molar-refractivity contribution is 0.0793. The third-order valence-corrected chi connectivity index (χ3v) is 2.35. The van der Waals surface area contributed by atoms with Crippen molar-refractivity contribution in [1.29, 1.82) is 0 Å². The molecular weight excluding hydrogens is 222 g/mol. The average Bonchev–Trinajstić information content (AvgIpc) is 2.24. The van der Waals surface area contributed by atoms with E-state index in [2.05, 4.69) is 4.98 Å². The van der Waals surface area contributed by atoms with E-state index < -0.39 is 0 Å². The lowest BCUT2D eigenvalue weighted by Gasteiger charge is -2.16. The van der Waals surface area contributed by atoms with Gasteiger partial charge < -0.3 is 10.6 Å². The number of aryl methyl sites for hydroxylation is 1. The van der Waals surface area contributed by atoms with Gasteiger partial charge in [0.2, 0.25) is 0 Å². The van der Waals surface area contributed by atoms with E-state index in [9.17, 15) is 4.79 Å². The van der Waals surface area contributed by atoms with Crippen molar-refractivity contribution in [3.63, 3.8) is 0 Å². The van der Waals surface area contributed by atoms with Crippen LogP contribution in [-0.4, -0.2) is 34.4 Å². The molecule has 0 unspecified atom stereocenters. The number of amides is 1. The van der Waals surface area contributed by atoms with Crippen molar-refractivity contribution in [2.24, 2.45) is 5.73 Å². The fourth-order valence-corrected chi connectivity index (χ4v) is 1.33. The number of nitrogens with two attached hydrogens (primary N) is 1. The van der Waals surface area contributed by atoms with Gasteiger partial charge in [-0.15, -0.1) is 0 Å². The van der Waals surface area contributed by atoms with Gasteiger partial charge in [-0.2, -0.15) is 0 Å². The lowest BCUT2D eigenvalue weighted by Crippen LogP contribution is -2.30. The van der Waals surface area contributed by atoms with E-state index in [1.165, 1.54) is 0 Å². The molecule has 2 N–H and O–H groups in total. The van der Waals surface area contributed by atoms with Gasteiger partial charge in [-0.05, 0) is 19.1 Å². The third kappa shape index (κ3) is 3.58. The zero-order valence-electron chi connectivity index (χ0n) is 9.43. The van der Waals surface area contributed by atoms with E-state index in [-0.39, 0.29) is 5.91 Å². The van der Waals surface area contributed by atoms with Gasteiger partial charge in [0.15, 0.2) is 0 Å². The number of thiocarbonyl (C=S) groups is 1. The van der Waals surface area contributed by atoms with Crippen LogP contribution in [0.25, 0.3) is 0 Å². The predicted octanol–water partition coefficient (Wildman–Crippen LogP) is 1.14. The van der Waals surface area contributed by atoms with Crippen molar-refractivity contribution in [3.05, 3.63) is 29.6 Å². The van der Waals surface area contributed by atoms with E-state index in [0.717, 1.165) is 5.69 Å². The van der Waals surface area contributed by atoms with Crippen LogP contribution in [0.3, 0.4) is 0 Å². The van der Waals surface area contributed by atoms with Crippen LogP contribution in [0.2, 0.25) is 0 Å². The highest BCUT2D eigenvalue weighted by molar-refractivity contribution is 7.80. The van der Waals surface area contributed by atoms with Gasteiger partial charge in [-0.1, -0.05) is 18.3 Å². The zero-order chi connectivity index (χ0) is 12.1. The molecule has 5 heteroatoms. The number of rotatable bonds is 4. The molecule has 0 bridgehead atoms. The number of hydrogen-bond donors (Lipinski definition) is 1. The van der Waals surface area contributed by atoms with Crippen LogP contribution in [0.1, 0.15) is 22.6 Å². The molecule has 0 saturated heterocycles. The minimum absolute atomic E-state index is 0.111. The molecule has 86 valence electrons. The first-order valence-electron chi connectivity index (χ1n) is 4.98. The Morgan fingerprint density at radius 1 is 1.56 bits per heavy atom. The van der Waals surface area contributed by atoms with Crippen molar-refractivity contribution in [2.45, 2.75) is 13.3 Å². The highest BCUT2D eigenvalue weighted by Crippen LogP contribution is 2.02. The van der Waals surface area contributed by atoms with Gasteiger partial charge in [-0.3, -0.25) is 4.79 Å². The highest BCUT2D eigenvalue weighted by atomic mass is 32.1. The molecule has 0 aliphatic heterocycles. The second kappa shape index (κ2) is 5.55. The van der Waals surface area contributed by atoms with Crippen molar-refractivity contribution in [2.75, 3.05) is 13.6 Å². The van der Waals surface area contributed by atoms with E-state index in [1.54, 1.807) is 18.0 Å². The first-order valence-corrected chi connectivity index (χ1v) is 5.39. The summed E-state index contributed by atoms with van der Waals surface area (Å²) < 4.78 is 0. The molecule has 0 spiro atoms. The summed E-state index contributed by atoms with van der Waals surface area (Å²) in [5.74, 6) is -0.111. The zero-order valence-corrected chi connectivity index (χ0v) is 10.3. The first kappa shape index (κ1) is 12.6. The molecule has 1 amide bonds. The number of carbonyl (C=O) groups excluding carboxylic acids is 1. The largest absolute Gasteiger partial charge is 0.393 e. The molecule has 1 heterocycles. The summed E-state index contributed by atoms with van der Waals surface area (Å²) in [6.07, 6.45) is 0.531. The fourth-order valence-electron chi connectivity index (χ4n) is 1.24. The Morgan fingerprint density at radius 3 is 2.81 bits per heavy atom. The predicted molar refractivity (Wildman–Crippen MR) is 67.3 cm³/mol. The standard InChI is InChI=1S/C11H15N3OS/c1-8-4-3-5-9(13-8)11(15)14(2)7-6-10(12)16/h3-5H,6-7H2,1-2H3,(H2,12,16). The molecular formula is C11H15N3OS. The second-order valence-corrected chi connectivity index (χ2v) is 4.13. The minimum atomic E-state index is -0.111. The Bertz CT molecular complexity index is 406. The molecule has 0 aromatic carbocycles. The van der Waals surface area contributed by atoms with E-state index >= 15 is 0 Å². The monoisotopic (exact) mass is 237 g/mol. The third-order valence-electron chi connectivity index (χ3n) is 2.15. The summed E-state index contributed by atoms with van der Waals surface area (Å²) >= 11 is 4.76. The number of carbonyl (C=O) groups is 1. The minimum Gasteiger partial charge on any atom is -0.393 e.